The van der Waals surface area contributed by atoms with Gasteiger partial charge in [0.1, 0.15) is 0 Å². The van der Waals surface area contributed by atoms with Gasteiger partial charge in [-0.1, -0.05) is 119 Å². The molecule has 2 aliphatic heterocycles. The highest BCUT2D eigenvalue weighted by atomic mass is 79.9. The van der Waals surface area contributed by atoms with Crippen molar-refractivity contribution in [3.05, 3.63) is 138 Å². The predicted molar refractivity (Wildman–Crippen MR) is 222 cm³/mol. The third-order valence-electron chi connectivity index (χ3n) is 11.3. The highest BCUT2D eigenvalue weighted by molar-refractivity contribution is 9.11. The summed E-state index contributed by atoms with van der Waals surface area (Å²) in [6.07, 6.45) is 6.47. The van der Waals surface area contributed by atoms with Crippen LogP contribution in [0.4, 0.5) is 0 Å². The highest BCUT2D eigenvalue weighted by Crippen LogP contribution is 2.50. The number of imide groups is 2. The van der Waals surface area contributed by atoms with Crippen LogP contribution in [0.15, 0.2) is 93.9 Å². The predicted octanol–water partition coefficient (Wildman–Crippen LogP) is 11.5. The molecule has 0 spiro atoms. The molecule has 0 atom stereocenters. The summed E-state index contributed by atoms with van der Waals surface area (Å²) >= 11 is 7.65. The molecule has 2 aliphatic rings. The van der Waals surface area contributed by atoms with E-state index in [1.54, 1.807) is 0 Å². The quantitative estimate of drug-likeness (QED) is 0.0781. The summed E-state index contributed by atoms with van der Waals surface area (Å²) in [6.45, 7) is 4.70. The van der Waals surface area contributed by atoms with Gasteiger partial charge < -0.3 is 0 Å². The molecule has 0 N–H and O–H groups in total. The van der Waals surface area contributed by atoms with Crippen LogP contribution in [0, 0.1) is 0 Å². The number of benzene rings is 7. The molecule has 8 heteroatoms. The van der Waals surface area contributed by atoms with Crippen LogP contribution in [0.2, 0.25) is 0 Å². The van der Waals surface area contributed by atoms with Crippen molar-refractivity contribution in [2.45, 2.75) is 65.5 Å². The van der Waals surface area contributed by atoms with Crippen molar-refractivity contribution in [1.82, 2.24) is 9.80 Å². The number of hydrogen-bond acceptors (Lipinski definition) is 4. The van der Waals surface area contributed by atoms with E-state index in [-0.39, 0.29) is 36.7 Å². The van der Waals surface area contributed by atoms with Gasteiger partial charge in [-0.25, -0.2) is 0 Å². The number of halogens is 2. The van der Waals surface area contributed by atoms with E-state index in [9.17, 15) is 19.2 Å². The standard InChI is InChI=1S/C46H36Br2N2O4/c1-3-5-7-25-9-13-27(14-10-25)23-49-43(51)31-19-17-29-40-36(48)22-34-38-32(44(52)50(46(34)54)24-28-15-11-26(12-16-28)8-6-4-2)20-18-30(42(38)40)39-35(47)21-33(45(49)53)37(31)41(29)39/h9-22H,3-8,23-24H2,1-2H3. The Morgan fingerprint density at radius 1 is 0.426 bits per heavy atom. The molecular weight excluding hydrogens is 804 g/mol. The molecule has 0 radical (unpaired) electrons. The van der Waals surface area contributed by atoms with Crippen LogP contribution in [0.1, 0.15) is 103 Å². The zero-order valence-electron chi connectivity index (χ0n) is 30.0. The molecule has 54 heavy (non-hydrogen) atoms. The Morgan fingerprint density at radius 3 is 1.15 bits per heavy atom. The summed E-state index contributed by atoms with van der Waals surface area (Å²) in [5.74, 6) is -1.34. The maximum atomic E-state index is 14.2. The lowest BCUT2D eigenvalue weighted by Gasteiger charge is -2.31. The van der Waals surface area contributed by atoms with E-state index < -0.39 is 0 Å². The molecule has 7 aromatic carbocycles. The third kappa shape index (κ3) is 5.32. The summed E-state index contributed by atoms with van der Waals surface area (Å²) in [7, 11) is 0. The van der Waals surface area contributed by atoms with Crippen molar-refractivity contribution < 1.29 is 19.2 Å². The monoisotopic (exact) mass is 838 g/mol. The third-order valence-corrected chi connectivity index (χ3v) is 12.5. The Hall–Kier alpha value is -4.92. The van der Waals surface area contributed by atoms with Crippen LogP contribution < -0.4 is 0 Å². The van der Waals surface area contributed by atoms with E-state index in [0.29, 0.717) is 42.0 Å². The molecule has 2 heterocycles. The largest absolute Gasteiger partial charge is 0.270 e. The molecule has 6 nitrogen and oxygen atoms in total. The lowest BCUT2D eigenvalue weighted by Crippen LogP contribution is -2.40. The van der Waals surface area contributed by atoms with E-state index in [1.165, 1.54) is 20.9 Å². The first-order chi connectivity index (χ1) is 26.2. The fourth-order valence-electron chi connectivity index (χ4n) is 8.51. The molecule has 0 aromatic heterocycles. The zero-order chi connectivity index (χ0) is 37.4. The molecule has 0 unspecified atom stereocenters. The maximum absolute atomic E-state index is 14.2. The molecule has 0 bridgehead atoms. The molecule has 9 rings (SSSR count). The number of fused-ring (bicyclic) bond motifs is 2. The van der Waals surface area contributed by atoms with Gasteiger partial charge in [0.15, 0.2) is 0 Å². The Labute approximate surface area is 329 Å². The van der Waals surface area contributed by atoms with Gasteiger partial charge >= 0.3 is 0 Å². The molecule has 4 amide bonds. The Kier molecular flexibility index (Phi) is 8.66. The molecular formula is C46H36Br2N2O4. The number of nitrogens with zero attached hydrogens (tertiary/aromatic N) is 2. The van der Waals surface area contributed by atoms with Crippen molar-refractivity contribution in [3.63, 3.8) is 0 Å². The van der Waals surface area contributed by atoms with Gasteiger partial charge in [0.2, 0.25) is 0 Å². The lowest BCUT2D eigenvalue weighted by atomic mass is 9.82. The summed E-state index contributed by atoms with van der Waals surface area (Å²) in [4.78, 5) is 59.5. The second kappa shape index (κ2) is 13.4. The van der Waals surface area contributed by atoms with Gasteiger partial charge in [0.25, 0.3) is 23.6 Å². The Morgan fingerprint density at radius 2 is 0.778 bits per heavy atom. The second-order valence-electron chi connectivity index (χ2n) is 14.6. The van der Waals surface area contributed by atoms with E-state index in [2.05, 4.69) is 70.0 Å². The van der Waals surface area contributed by atoms with Crippen LogP contribution in [-0.2, 0) is 25.9 Å². The second-order valence-corrected chi connectivity index (χ2v) is 16.3. The van der Waals surface area contributed by atoms with E-state index in [4.69, 9.17) is 0 Å². The number of amides is 4. The number of carbonyl (C=O) groups excluding carboxylic acids is 4. The van der Waals surface area contributed by atoms with Crippen molar-refractivity contribution in [1.29, 1.82) is 0 Å². The van der Waals surface area contributed by atoms with Crippen molar-refractivity contribution in [2.75, 3.05) is 0 Å². The minimum Gasteiger partial charge on any atom is -0.270 e. The molecule has 0 saturated heterocycles. The van der Waals surface area contributed by atoms with Crippen molar-refractivity contribution >= 4 is 98.6 Å². The summed E-state index contributed by atoms with van der Waals surface area (Å²) < 4.78 is 1.40. The van der Waals surface area contributed by atoms with Crippen molar-refractivity contribution in [2.24, 2.45) is 0 Å². The number of rotatable bonds is 10. The normalized spacial score (nSPS) is 14.2. The molecule has 268 valence electrons. The van der Waals surface area contributed by atoms with Crippen molar-refractivity contribution in [3.8, 4) is 0 Å². The van der Waals surface area contributed by atoms with Gasteiger partial charge in [-0.15, -0.1) is 0 Å². The van der Waals surface area contributed by atoms with Gasteiger partial charge in [-0.2, -0.15) is 0 Å². The molecule has 7 aromatic rings. The zero-order valence-corrected chi connectivity index (χ0v) is 33.2. The van der Waals surface area contributed by atoms with E-state index in [1.807, 2.05) is 60.7 Å². The minimum atomic E-state index is -0.339. The maximum Gasteiger partial charge on any atom is 0.261 e. The number of hydrogen-bond donors (Lipinski definition) is 0. The van der Waals surface area contributed by atoms with Gasteiger partial charge in [-0.3, -0.25) is 29.0 Å². The smallest absolute Gasteiger partial charge is 0.261 e. The average molecular weight is 841 g/mol. The number of aryl methyl sites for hydroxylation is 2. The SMILES string of the molecule is CCCCc1ccc(CN2C(=O)c3ccc4c5c(Br)cc6c7c(ccc(c8c(Br)cc(c3c48)C2=O)c75)C(=O)N(Cc2ccc(CCCC)cc2)C6=O)cc1. The summed E-state index contributed by atoms with van der Waals surface area (Å²) in [5.41, 5.74) is 6.14. The highest BCUT2D eigenvalue weighted by Gasteiger charge is 2.38. The molecule has 0 saturated carbocycles. The first-order valence-corrected chi connectivity index (χ1v) is 20.3. The van der Waals surface area contributed by atoms with E-state index >= 15 is 0 Å². The fraction of sp³-hybridized carbons (Fsp3) is 0.217. The van der Waals surface area contributed by atoms with Gasteiger partial charge in [-0.05, 0) is 83.0 Å². The number of unbranched alkanes of at least 4 members (excludes halogenated alkanes) is 2. The summed E-state index contributed by atoms with van der Waals surface area (Å²) in [6, 6.07) is 27.5. The van der Waals surface area contributed by atoms with Crippen LogP contribution in [0.5, 0.6) is 0 Å². The van der Waals surface area contributed by atoms with Crippen LogP contribution in [-0.4, -0.2) is 33.4 Å². The fourth-order valence-corrected chi connectivity index (χ4v) is 9.79. The minimum absolute atomic E-state index is 0.177. The van der Waals surface area contributed by atoms with Crippen LogP contribution in [0.3, 0.4) is 0 Å². The first kappa shape index (κ1) is 34.8. The lowest BCUT2D eigenvalue weighted by molar-refractivity contribution is 0.0583. The molecule has 0 aliphatic carbocycles. The van der Waals surface area contributed by atoms with Crippen LogP contribution in [0.25, 0.3) is 43.1 Å². The number of carbonyl (C=O) groups is 4. The van der Waals surface area contributed by atoms with Gasteiger partial charge in [0, 0.05) is 63.5 Å². The topological polar surface area (TPSA) is 74.8 Å². The Bertz CT molecular complexity index is 2550. The first-order valence-electron chi connectivity index (χ1n) is 18.7. The summed E-state index contributed by atoms with van der Waals surface area (Å²) in [5, 5.41) is 6.16. The molecule has 0 fully saturated rings. The van der Waals surface area contributed by atoms with E-state index in [0.717, 1.165) is 82.0 Å². The van der Waals surface area contributed by atoms with Gasteiger partial charge in [0.05, 0.1) is 13.1 Å². The average Bonchev–Trinajstić information content (AvgIpc) is 3.18. The Balaban J connectivity index is 1.16. The van der Waals surface area contributed by atoms with Crippen LogP contribution >= 0.6 is 31.9 Å².